The molecule has 1 saturated heterocycles. The van der Waals surface area contributed by atoms with Crippen molar-refractivity contribution >= 4 is 5.91 Å². The Kier molecular flexibility index (Phi) is 4.96. The first kappa shape index (κ1) is 17.4. The average Bonchev–Trinajstić information content (AvgIpc) is 3.21. The second-order valence-electron chi connectivity index (χ2n) is 7.16. The van der Waals surface area contributed by atoms with E-state index in [1.807, 2.05) is 60.7 Å². The predicted molar refractivity (Wildman–Crippen MR) is 103 cm³/mol. The molecular formula is C21H23N5O. The Labute approximate surface area is 158 Å². The van der Waals surface area contributed by atoms with Gasteiger partial charge in [0.2, 0.25) is 0 Å². The molecule has 1 atom stereocenters. The second-order valence-corrected chi connectivity index (χ2v) is 7.16. The number of carbonyl (C=O) groups excluding carboxylic acids is 1. The second kappa shape index (κ2) is 7.70. The minimum atomic E-state index is 0.0900. The highest BCUT2D eigenvalue weighted by molar-refractivity contribution is 5.95. The van der Waals surface area contributed by atoms with Gasteiger partial charge in [0, 0.05) is 43.2 Å². The zero-order valence-electron chi connectivity index (χ0n) is 15.5. The third-order valence-electron chi connectivity index (χ3n) is 5.04. The summed E-state index contributed by atoms with van der Waals surface area (Å²) in [6, 6.07) is 11.6. The first-order valence-corrected chi connectivity index (χ1v) is 9.35. The Morgan fingerprint density at radius 2 is 2.15 bits per heavy atom. The van der Waals surface area contributed by atoms with E-state index in [9.17, 15) is 4.79 Å². The van der Waals surface area contributed by atoms with Crippen LogP contribution in [0.5, 0.6) is 0 Å². The van der Waals surface area contributed by atoms with Gasteiger partial charge in [-0.05, 0) is 49.9 Å². The lowest BCUT2D eigenvalue weighted by atomic mass is 9.97. The number of carbonyl (C=O) groups is 1. The number of aryl methyl sites for hydroxylation is 1. The fraction of sp³-hybridized carbons (Fsp3) is 0.333. The summed E-state index contributed by atoms with van der Waals surface area (Å²) in [7, 11) is 0. The fourth-order valence-electron chi connectivity index (χ4n) is 3.64. The van der Waals surface area contributed by atoms with Crippen LogP contribution in [0.25, 0.3) is 11.3 Å². The highest BCUT2D eigenvalue weighted by Crippen LogP contribution is 2.23. The smallest absolute Gasteiger partial charge is 0.253 e. The lowest BCUT2D eigenvalue weighted by Gasteiger charge is -2.33. The van der Waals surface area contributed by atoms with E-state index in [4.69, 9.17) is 0 Å². The summed E-state index contributed by atoms with van der Waals surface area (Å²) in [5, 5.41) is 8.34. The third kappa shape index (κ3) is 4.05. The highest BCUT2D eigenvalue weighted by atomic mass is 16.2. The van der Waals surface area contributed by atoms with E-state index in [0.29, 0.717) is 11.5 Å². The van der Waals surface area contributed by atoms with Crippen molar-refractivity contribution in [3.8, 4) is 11.3 Å². The number of hydrogen-bond donors (Lipinski definition) is 0. The molecule has 1 fully saturated rings. The van der Waals surface area contributed by atoms with Crippen molar-refractivity contribution in [3.05, 3.63) is 66.4 Å². The Morgan fingerprint density at radius 1 is 1.22 bits per heavy atom. The van der Waals surface area contributed by atoms with Gasteiger partial charge in [-0.2, -0.15) is 10.2 Å². The molecule has 1 aromatic carbocycles. The van der Waals surface area contributed by atoms with Gasteiger partial charge in [-0.25, -0.2) is 4.98 Å². The van der Waals surface area contributed by atoms with Crippen molar-refractivity contribution in [1.82, 2.24) is 24.6 Å². The summed E-state index contributed by atoms with van der Waals surface area (Å²) < 4.78 is 2.09. The molecular weight excluding hydrogens is 338 g/mol. The van der Waals surface area contributed by atoms with E-state index in [2.05, 4.69) is 19.7 Å². The SMILES string of the molecule is Cc1ccc(-c2cccc(C(=O)N3CCCC(Cn4ccnc4)C3)c2)nn1. The lowest BCUT2D eigenvalue weighted by molar-refractivity contribution is 0.0662. The fourth-order valence-corrected chi connectivity index (χ4v) is 3.64. The number of imidazole rings is 1. The molecule has 0 bridgehead atoms. The Balaban J connectivity index is 1.48. The molecule has 2 aromatic heterocycles. The topological polar surface area (TPSA) is 63.9 Å². The molecule has 6 heteroatoms. The Hall–Kier alpha value is -3.02. The number of nitrogens with zero attached hydrogens (tertiary/aromatic N) is 5. The zero-order chi connectivity index (χ0) is 18.6. The normalized spacial score (nSPS) is 17.1. The molecule has 1 amide bonds. The molecule has 1 unspecified atom stereocenters. The molecule has 0 N–H and O–H groups in total. The summed E-state index contributed by atoms with van der Waals surface area (Å²) in [6.45, 7) is 4.41. The molecule has 0 radical (unpaired) electrons. The van der Waals surface area contributed by atoms with Crippen LogP contribution in [0.4, 0.5) is 0 Å². The Morgan fingerprint density at radius 3 is 2.93 bits per heavy atom. The van der Waals surface area contributed by atoms with E-state index >= 15 is 0 Å². The molecule has 6 nitrogen and oxygen atoms in total. The van der Waals surface area contributed by atoms with Gasteiger partial charge in [0.05, 0.1) is 17.7 Å². The van der Waals surface area contributed by atoms with Gasteiger partial charge < -0.3 is 9.47 Å². The van der Waals surface area contributed by atoms with Gasteiger partial charge >= 0.3 is 0 Å². The van der Waals surface area contributed by atoms with E-state index in [-0.39, 0.29) is 5.91 Å². The van der Waals surface area contributed by atoms with Gasteiger partial charge in [-0.15, -0.1) is 0 Å². The van der Waals surface area contributed by atoms with Crippen LogP contribution < -0.4 is 0 Å². The van der Waals surface area contributed by atoms with Crippen LogP contribution in [-0.2, 0) is 6.54 Å². The predicted octanol–water partition coefficient (Wildman–Crippen LogP) is 3.20. The summed E-state index contributed by atoms with van der Waals surface area (Å²) in [5.41, 5.74) is 3.29. The quantitative estimate of drug-likeness (QED) is 0.716. The van der Waals surface area contributed by atoms with Gasteiger partial charge in [0.15, 0.2) is 0 Å². The molecule has 4 rings (SSSR count). The number of hydrogen-bond acceptors (Lipinski definition) is 4. The maximum Gasteiger partial charge on any atom is 0.253 e. The van der Waals surface area contributed by atoms with Crippen LogP contribution in [0.3, 0.4) is 0 Å². The minimum absolute atomic E-state index is 0.0900. The molecule has 3 aromatic rings. The van der Waals surface area contributed by atoms with E-state index < -0.39 is 0 Å². The van der Waals surface area contributed by atoms with Crippen LogP contribution >= 0.6 is 0 Å². The van der Waals surface area contributed by atoms with Crippen LogP contribution in [0, 0.1) is 12.8 Å². The van der Waals surface area contributed by atoms with Crippen LogP contribution in [-0.4, -0.2) is 43.6 Å². The van der Waals surface area contributed by atoms with Crippen molar-refractivity contribution in [2.45, 2.75) is 26.3 Å². The van der Waals surface area contributed by atoms with Crippen molar-refractivity contribution in [3.63, 3.8) is 0 Å². The largest absolute Gasteiger partial charge is 0.338 e. The van der Waals surface area contributed by atoms with Crippen molar-refractivity contribution in [1.29, 1.82) is 0 Å². The minimum Gasteiger partial charge on any atom is -0.338 e. The Bertz CT molecular complexity index is 905. The molecule has 0 saturated carbocycles. The molecule has 0 aliphatic carbocycles. The highest BCUT2D eigenvalue weighted by Gasteiger charge is 2.25. The summed E-state index contributed by atoms with van der Waals surface area (Å²) in [4.78, 5) is 19.1. The standard InChI is InChI=1S/C21H23N5O/c1-16-7-8-20(24-23-16)18-5-2-6-19(12-18)21(27)26-10-3-4-17(14-26)13-25-11-9-22-15-25/h2,5-9,11-12,15,17H,3-4,10,13-14H2,1H3. The summed E-state index contributed by atoms with van der Waals surface area (Å²) in [6.07, 6.45) is 7.79. The molecule has 27 heavy (non-hydrogen) atoms. The number of benzene rings is 1. The first-order chi connectivity index (χ1) is 13.2. The van der Waals surface area contributed by atoms with Gasteiger partial charge in [0.25, 0.3) is 5.91 Å². The van der Waals surface area contributed by atoms with Gasteiger partial charge in [-0.1, -0.05) is 12.1 Å². The third-order valence-corrected chi connectivity index (χ3v) is 5.04. The maximum atomic E-state index is 13.1. The van der Waals surface area contributed by atoms with Gasteiger partial charge in [-0.3, -0.25) is 4.79 Å². The number of piperidine rings is 1. The maximum absolute atomic E-state index is 13.1. The van der Waals surface area contributed by atoms with Crippen LogP contribution in [0.1, 0.15) is 28.9 Å². The van der Waals surface area contributed by atoms with E-state index in [1.54, 1.807) is 6.20 Å². The zero-order valence-corrected chi connectivity index (χ0v) is 15.5. The van der Waals surface area contributed by atoms with Crippen molar-refractivity contribution in [2.24, 2.45) is 5.92 Å². The van der Waals surface area contributed by atoms with E-state index in [1.165, 1.54) is 0 Å². The number of rotatable bonds is 4. The average molecular weight is 361 g/mol. The summed E-state index contributed by atoms with van der Waals surface area (Å²) >= 11 is 0. The number of aromatic nitrogens is 4. The van der Waals surface area contributed by atoms with Gasteiger partial charge in [0.1, 0.15) is 0 Å². The lowest BCUT2D eigenvalue weighted by Crippen LogP contribution is -2.41. The number of amides is 1. The first-order valence-electron chi connectivity index (χ1n) is 9.35. The molecule has 1 aliphatic rings. The molecule has 0 spiro atoms. The number of likely N-dealkylation sites (tertiary alicyclic amines) is 1. The van der Waals surface area contributed by atoms with Crippen LogP contribution in [0.15, 0.2) is 55.1 Å². The van der Waals surface area contributed by atoms with Crippen molar-refractivity contribution in [2.75, 3.05) is 13.1 Å². The molecule has 3 heterocycles. The molecule has 1 aliphatic heterocycles. The monoisotopic (exact) mass is 361 g/mol. The summed E-state index contributed by atoms with van der Waals surface area (Å²) in [5.74, 6) is 0.551. The van der Waals surface area contributed by atoms with Crippen molar-refractivity contribution < 1.29 is 4.79 Å². The molecule has 138 valence electrons. The van der Waals surface area contributed by atoms with E-state index in [0.717, 1.165) is 49.4 Å². The van der Waals surface area contributed by atoms with Crippen LogP contribution in [0.2, 0.25) is 0 Å².